The number of nitrogens with zero attached hydrogens (tertiary/aromatic N) is 4. The number of rotatable bonds is 4. The van der Waals surface area contributed by atoms with E-state index in [2.05, 4.69) is 220 Å². The van der Waals surface area contributed by atoms with Crippen molar-refractivity contribution in [2.24, 2.45) is 0 Å². The molecule has 57 heavy (non-hydrogen) atoms. The van der Waals surface area contributed by atoms with Crippen LogP contribution in [0.15, 0.2) is 211 Å². The maximum Gasteiger partial charge on any atom is 0.137 e. The van der Waals surface area contributed by atoms with Crippen LogP contribution in [0.25, 0.3) is 32.7 Å². The Morgan fingerprint density at radius 2 is 0.596 bits per heavy atom. The molecule has 0 aliphatic carbocycles. The molecule has 2 aliphatic rings. The van der Waals surface area contributed by atoms with E-state index in [0.29, 0.717) is 0 Å². The van der Waals surface area contributed by atoms with Gasteiger partial charge in [0.25, 0.3) is 0 Å². The van der Waals surface area contributed by atoms with Gasteiger partial charge in [-0.25, -0.2) is 0 Å². The summed E-state index contributed by atoms with van der Waals surface area (Å²) in [7, 11) is 0. The topological polar surface area (TPSA) is 26.1 Å². The van der Waals surface area contributed by atoms with E-state index in [9.17, 15) is 0 Å². The summed E-state index contributed by atoms with van der Waals surface area (Å²) < 4.78 is 6.57. The van der Waals surface area contributed by atoms with E-state index in [1.165, 1.54) is 0 Å². The third-order valence-electron chi connectivity index (χ3n) is 11.4. The van der Waals surface area contributed by atoms with Gasteiger partial charge >= 0.3 is 0 Å². The summed E-state index contributed by atoms with van der Waals surface area (Å²) in [5.74, 6) is 0. The fourth-order valence-electron chi connectivity index (χ4n) is 9.05. The second-order valence-electron chi connectivity index (χ2n) is 14.6. The Kier molecular flexibility index (Phi) is 6.86. The van der Waals surface area contributed by atoms with Gasteiger partial charge in [0.2, 0.25) is 0 Å². The van der Waals surface area contributed by atoms with Gasteiger partial charge in [-0.1, -0.05) is 115 Å². The summed E-state index contributed by atoms with van der Waals surface area (Å²) in [6.07, 6.45) is 0. The van der Waals surface area contributed by atoms with Crippen LogP contribution in [0.1, 0.15) is 0 Å². The van der Waals surface area contributed by atoms with Gasteiger partial charge < -0.3 is 24.0 Å². The number of benzene rings is 9. The first-order valence-electron chi connectivity index (χ1n) is 19.4. The second-order valence-corrected chi connectivity index (χ2v) is 14.6. The zero-order valence-corrected chi connectivity index (χ0v) is 30.8. The maximum atomic E-state index is 6.57. The Hall–Kier alpha value is -7.76. The summed E-state index contributed by atoms with van der Waals surface area (Å²) in [5.41, 5.74) is 15.0. The minimum Gasteiger partial charge on any atom is -0.456 e. The fourth-order valence-corrected chi connectivity index (χ4v) is 9.05. The first kappa shape index (κ1) is 31.6. The number of para-hydroxylation sites is 9. The first-order valence-corrected chi connectivity index (χ1v) is 19.4. The lowest BCUT2D eigenvalue weighted by Crippen LogP contribution is -2.24. The molecule has 1 aromatic heterocycles. The number of hydrogen-bond acceptors (Lipinski definition) is 5. The van der Waals surface area contributed by atoms with Gasteiger partial charge in [-0.3, -0.25) is 0 Å². The molecular weight excluding hydrogens is 697 g/mol. The summed E-state index contributed by atoms with van der Waals surface area (Å²) in [6, 6.07) is 73.8. The van der Waals surface area contributed by atoms with Crippen LogP contribution < -0.4 is 19.6 Å². The smallest absolute Gasteiger partial charge is 0.137 e. The van der Waals surface area contributed by atoms with Crippen molar-refractivity contribution in [3.05, 3.63) is 206 Å². The fraction of sp³-hybridized carbons (Fsp3) is 0. The van der Waals surface area contributed by atoms with Crippen LogP contribution in [0.5, 0.6) is 0 Å². The lowest BCUT2D eigenvalue weighted by atomic mass is 9.99. The standard InChI is InChI=1S/C52H34N4O/c1-3-17-35(18-4-1)53-43-24-8-11-27-46(43)55(47-28-12-9-25-44(47)53)41-30-15-23-38-37(41)22-16-31-42(38)56-48-29-13-10-26-45(48)54(36-19-5-2-6-20-36)49-33-40-39-21-7-14-32-51(39)57-52(40)34-50(49)56/h1-34H. The maximum absolute atomic E-state index is 6.57. The van der Waals surface area contributed by atoms with Crippen LogP contribution in [0.4, 0.5) is 68.2 Å². The number of hydrogen-bond donors (Lipinski definition) is 0. The van der Waals surface area contributed by atoms with Crippen molar-refractivity contribution in [1.82, 2.24) is 0 Å². The van der Waals surface area contributed by atoms with Crippen molar-refractivity contribution >= 4 is 101 Å². The van der Waals surface area contributed by atoms with E-state index in [-0.39, 0.29) is 0 Å². The summed E-state index contributed by atoms with van der Waals surface area (Å²) in [6.45, 7) is 0. The summed E-state index contributed by atoms with van der Waals surface area (Å²) in [5, 5.41) is 4.50. The van der Waals surface area contributed by atoms with Crippen LogP contribution in [-0.2, 0) is 0 Å². The molecule has 9 aromatic carbocycles. The van der Waals surface area contributed by atoms with Crippen molar-refractivity contribution in [3.63, 3.8) is 0 Å². The normalized spacial score (nSPS) is 13.1. The second kappa shape index (κ2) is 12.4. The molecule has 0 fully saturated rings. The van der Waals surface area contributed by atoms with Gasteiger partial charge in [0.05, 0.1) is 56.9 Å². The molecule has 10 aromatic rings. The highest BCUT2D eigenvalue weighted by Crippen LogP contribution is 2.58. The Labute approximate surface area is 330 Å². The zero-order chi connectivity index (χ0) is 37.5. The third-order valence-corrected chi connectivity index (χ3v) is 11.4. The van der Waals surface area contributed by atoms with E-state index in [1.807, 2.05) is 6.07 Å². The molecule has 3 heterocycles. The summed E-state index contributed by atoms with van der Waals surface area (Å²) >= 11 is 0. The minimum atomic E-state index is 0.859. The molecule has 0 N–H and O–H groups in total. The molecule has 0 unspecified atom stereocenters. The quantitative estimate of drug-likeness (QED) is 0.180. The van der Waals surface area contributed by atoms with E-state index in [4.69, 9.17) is 4.42 Å². The predicted molar refractivity (Wildman–Crippen MR) is 237 cm³/mol. The molecule has 268 valence electrons. The molecule has 5 heteroatoms. The lowest BCUT2D eigenvalue weighted by molar-refractivity contribution is 0.669. The van der Waals surface area contributed by atoms with Crippen LogP contribution in [0.2, 0.25) is 0 Å². The molecule has 0 spiro atoms. The highest BCUT2D eigenvalue weighted by atomic mass is 16.3. The van der Waals surface area contributed by atoms with E-state index >= 15 is 0 Å². The van der Waals surface area contributed by atoms with Gasteiger partial charge in [0, 0.05) is 39.0 Å². The van der Waals surface area contributed by atoms with E-state index in [1.54, 1.807) is 0 Å². The Bertz CT molecular complexity index is 3130. The SMILES string of the molecule is c1ccc(N2c3ccccc3N(c3cccc4c(N5c6ccccc6N(c6ccccc6)c6cc7c(cc65)oc5ccccc57)cccc34)c3ccccc32)cc1. The predicted octanol–water partition coefficient (Wildman–Crippen LogP) is 15.2. The van der Waals surface area contributed by atoms with Crippen molar-refractivity contribution < 1.29 is 4.42 Å². The minimum absolute atomic E-state index is 0.859. The molecule has 0 saturated heterocycles. The van der Waals surface area contributed by atoms with Crippen molar-refractivity contribution in [2.45, 2.75) is 0 Å². The first-order chi connectivity index (χ1) is 28.3. The van der Waals surface area contributed by atoms with Crippen molar-refractivity contribution in [3.8, 4) is 0 Å². The number of fused-ring (bicyclic) bond motifs is 8. The highest BCUT2D eigenvalue weighted by Gasteiger charge is 2.34. The van der Waals surface area contributed by atoms with Crippen LogP contribution in [-0.4, -0.2) is 0 Å². The Morgan fingerprint density at radius 1 is 0.228 bits per heavy atom. The molecule has 2 aliphatic heterocycles. The molecule has 5 nitrogen and oxygen atoms in total. The molecular formula is C52H34N4O. The van der Waals surface area contributed by atoms with E-state index in [0.717, 1.165) is 101 Å². The highest BCUT2D eigenvalue weighted by molar-refractivity contribution is 6.15. The van der Waals surface area contributed by atoms with Gasteiger partial charge in [-0.2, -0.15) is 0 Å². The van der Waals surface area contributed by atoms with Gasteiger partial charge in [-0.05, 0) is 84.9 Å². The largest absolute Gasteiger partial charge is 0.456 e. The lowest BCUT2D eigenvalue weighted by Gasteiger charge is -2.41. The van der Waals surface area contributed by atoms with E-state index < -0.39 is 0 Å². The van der Waals surface area contributed by atoms with Crippen molar-refractivity contribution in [1.29, 1.82) is 0 Å². The van der Waals surface area contributed by atoms with Gasteiger partial charge in [-0.15, -0.1) is 0 Å². The number of furan rings is 1. The Morgan fingerprint density at radius 3 is 1.12 bits per heavy atom. The van der Waals surface area contributed by atoms with Gasteiger partial charge in [0.1, 0.15) is 11.2 Å². The van der Waals surface area contributed by atoms with Crippen LogP contribution in [0, 0.1) is 0 Å². The molecule has 0 atom stereocenters. The molecule has 0 amide bonds. The molecule has 12 rings (SSSR count). The molecule has 0 saturated carbocycles. The average Bonchev–Trinajstić information content (AvgIpc) is 3.64. The Balaban J connectivity index is 1.10. The van der Waals surface area contributed by atoms with Crippen LogP contribution in [0.3, 0.4) is 0 Å². The summed E-state index contributed by atoms with van der Waals surface area (Å²) in [4.78, 5) is 9.62. The monoisotopic (exact) mass is 730 g/mol. The molecule has 0 radical (unpaired) electrons. The number of anilines is 12. The molecule has 0 bridgehead atoms. The third kappa shape index (κ3) is 4.69. The zero-order valence-electron chi connectivity index (χ0n) is 30.8. The van der Waals surface area contributed by atoms with Gasteiger partial charge in [0.15, 0.2) is 0 Å². The van der Waals surface area contributed by atoms with Crippen molar-refractivity contribution in [2.75, 3.05) is 19.6 Å². The van der Waals surface area contributed by atoms with Crippen LogP contribution >= 0.6 is 0 Å². The average molecular weight is 731 g/mol.